The van der Waals surface area contributed by atoms with Crippen LogP contribution in [0.15, 0.2) is 64.3 Å². The first-order valence-electron chi connectivity index (χ1n) is 11.1. The van der Waals surface area contributed by atoms with Gasteiger partial charge in [-0.05, 0) is 48.5 Å². The van der Waals surface area contributed by atoms with Crippen molar-refractivity contribution in [1.29, 1.82) is 0 Å². The van der Waals surface area contributed by atoms with E-state index in [9.17, 15) is 22.7 Å². The zero-order valence-corrected chi connectivity index (χ0v) is 20.6. The molecule has 2 aromatic carbocycles. The lowest BCUT2D eigenvalue weighted by Crippen LogP contribution is -2.22. The van der Waals surface area contributed by atoms with E-state index in [-0.39, 0.29) is 27.3 Å². The molecule has 0 atom stereocenters. The fourth-order valence-corrected chi connectivity index (χ4v) is 5.43. The lowest BCUT2D eigenvalue weighted by molar-refractivity contribution is 0.0692. The maximum Gasteiger partial charge on any atom is 0.339 e. The number of likely N-dealkylation sites (N-methyl/N-ethyl adjacent to an activating group) is 1. The Labute approximate surface area is 204 Å². The topological polar surface area (TPSA) is 97.0 Å². The summed E-state index contributed by atoms with van der Waals surface area (Å²) < 4.78 is 51.3. The van der Waals surface area contributed by atoms with Crippen molar-refractivity contribution >= 4 is 21.9 Å². The van der Waals surface area contributed by atoms with Crippen molar-refractivity contribution in [1.82, 2.24) is 4.90 Å². The third-order valence-electron chi connectivity index (χ3n) is 5.70. The number of ether oxygens (including phenoxy) is 1. The molecule has 3 aromatic rings. The average Bonchev–Trinajstić information content (AvgIpc) is 3.35. The summed E-state index contributed by atoms with van der Waals surface area (Å²) in [6.45, 7) is 6.26. The summed E-state index contributed by atoms with van der Waals surface area (Å²) in [5, 5.41) is 9.91. The number of carboxylic acids is 1. The van der Waals surface area contributed by atoms with Crippen molar-refractivity contribution in [2.75, 3.05) is 26.7 Å². The Kier molecular flexibility index (Phi) is 8.48. The maximum absolute atomic E-state index is 14.0. The molecule has 1 heterocycles. The molecule has 7 nitrogen and oxygen atoms in total. The molecule has 0 aliphatic heterocycles. The van der Waals surface area contributed by atoms with Crippen LogP contribution in [-0.4, -0.2) is 51.1 Å². The zero-order chi connectivity index (χ0) is 25.6. The number of carbonyl (C=O) groups is 1. The van der Waals surface area contributed by atoms with E-state index in [1.807, 2.05) is 13.8 Å². The minimum absolute atomic E-state index is 0.0325. The minimum atomic E-state index is -4.04. The number of carboxylic acid groups (broad SMARTS) is 1. The van der Waals surface area contributed by atoms with Crippen LogP contribution in [-0.2, 0) is 15.6 Å². The Morgan fingerprint density at radius 3 is 2.51 bits per heavy atom. The van der Waals surface area contributed by atoms with E-state index in [1.54, 1.807) is 24.3 Å². The molecule has 0 radical (unpaired) electrons. The van der Waals surface area contributed by atoms with E-state index >= 15 is 0 Å². The molecule has 1 aromatic heterocycles. The monoisotopic (exact) mass is 501 g/mol. The summed E-state index contributed by atoms with van der Waals surface area (Å²) in [5.74, 6) is -2.45. The van der Waals surface area contributed by atoms with Gasteiger partial charge in [0.25, 0.3) is 0 Å². The first-order valence-corrected chi connectivity index (χ1v) is 12.7. The van der Waals surface area contributed by atoms with Crippen molar-refractivity contribution in [3.8, 4) is 16.9 Å². The first kappa shape index (κ1) is 26.2. The number of methoxy groups -OCH3 is 1. The molecule has 0 spiro atoms. The van der Waals surface area contributed by atoms with Crippen molar-refractivity contribution in [2.45, 2.75) is 24.5 Å². The van der Waals surface area contributed by atoms with Gasteiger partial charge in [-0.3, -0.25) is 0 Å². The van der Waals surface area contributed by atoms with Crippen molar-refractivity contribution in [2.24, 2.45) is 0 Å². The number of nitrogens with zero attached hydrogens (tertiary/aromatic N) is 1. The van der Waals surface area contributed by atoms with E-state index in [1.165, 1.54) is 31.8 Å². The van der Waals surface area contributed by atoms with E-state index in [0.717, 1.165) is 25.2 Å². The van der Waals surface area contributed by atoms with E-state index in [0.29, 0.717) is 17.7 Å². The van der Waals surface area contributed by atoms with Gasteiger partial charge in [-0.15, -0.1) is 0 Å². The van der Waals surface area contributed by atoms with Gasteiger partial charge in [0.15, 0.2) is 9.84 Å². The number of halogens is 1. The SMILES string of the molecule is CCN(CC)CC=Cc1cc(F)ccc1S(=O)(=O)Cc1ccc(-c2ccoc2)c(OC)c1C(=O)O. The number of aromatic carboxylic acids is 1. The molecule has 3 rings (SSSR count). The normalized spacial score (nSPS) is 11.9. The number of sulfone groups is 1. The Balaban J connectivity index is 2.04. The largest absolute Gasteiger partial charge is 0.495 e. The van der Waals surface area contributed by atoms with Gasteiger partial charge >= 0.3 is 5.97 Å². The summed E-state index contributed by atoms with van der Waals surface area (Å²) in [6, 6.07) is 8.14. The summed E-state index contributed by atoms with van der Waals surface area (Å²) in [5.41, 5.74) is 1.06. The minimum Gasteiger partial charge on any atom is -0.495 e. The summed E-state index contributed by atoms with van der Waals surface area (Å²) in [7, 11) is -2.72. The first-order chi connectivity index (χ1) is 16.7. The van der Waals surface area contributed by atoms with Gasteiger partial charge in [0.2, 0.25) is 0 Å². The molecule has 9 heteroatoms. The zero-order valence-electron chi connectivity index (χ0n) is 19.8. The second-order valence-electron chi connectivity index (χ2n) is 7.83. The highest BCUT2D eigenvalue weighted by Crippen LogP contribution is 2.37. The smallest absolute Gasteiger partial charge is 0.339 e. The standard InChI is InChI=1S/C26H28FNO6S/c1-4-28(5-2)13-6-7-18-15-21(27)9-11-23(18)35(31,32)17-20-8-10-22(19-12-14-34-16-19)25(33-3)24(20)26(29)30/h6-12,14-16H,4-5,13,17H2,1-3H3,(H,29,30). The van der Waals surface area contributed by atoms with Crippen LogP contribution in [0.1, 0.15) is 35.3 Å². The highest BCUT2D eigenvalue weighted by atomic mass is 32.2. The van der Waals surface area contributed by atoms with Crippen LogP contribution in [0, 0.1) is 5.82 Å². The van der Waals surface area contributed by atoms with Crippen LogP contribution in [0.4, 0.5) is 4.39 Å². The number of hydrogen-bond donors (Lipinski definition) is 1. The third-order valence-corrected chi connectivity index (χ3v) is 7.43. The van der Waals surface area contributed by atoms with E-state index in [2.05, 4.69) is 4.90 Å². The molecule has 35 heavy (non-hydrogen) atoms. The van der Waals surface area contributed by atoms with Crippen LogP contribution in [0.5, 0.6) is 5.75 Å². The summed E-state index contributed by atoms with van der Waals surface area (Å²) in [6.07, 6.45) is 6.24. The number of rotatable bonds is 11. The van der Waals surface area contributed by atoms with Crippen LogP contribution >= 0.6 is 0 Å². The van der Waals surface area contributed by atoms with Crippen LogP contribution in [0.2, 0.25) is 0 Å². The fourth-order valence-electron chi connectivity index (χ4n) is 3.86. The van der Waals surface area contributed by atoms with Crippen LogP contribution in [0.3, 0.4) is 0 Å². The molecular formula is C26H28FNO6S. The highest BCUT2D eigenvalue weighted by Gasteiger charge is 2.26. The lowest BCUT2D eigenvalue weighted by atomic mass is 9.99. The van der Waals surface area contributed by atoms with Crippen LogP contribution < -0.4 is 4.74 Å². The van der Waals surface area contributed by atoms with Gasteiger partial charge in [-0.2, -0.15) is 0 Å². The predicted molar refractivity (Wildman–Crippen MR) is 132 cm³/mol. The third kappa shape index (κ3) is 5.98. The molecule has 186 valence electrons. The molecular weight excluding hydrogens is 473 g/mol. The van der Waals surface area contributed by atoms with Gasteiger partial charge in [0.05, 0.1) is 30.3 Å². The lowest BCUT2D eigenvalue weighted by Gasteiger charge is -2.16. The predicted octanol–water partition coefficient (Wildman–Crippen LogP) is 5.12. The second kappa shape index (κ2) is 11.3. The van der Waals surface area contributed by atoms with Gasteiger partial charge in [0, 0.05) is 17.7 Å². The van der Waals surface area contributed by atoms with Gasteiger partial charge in [-0.25, -0.2) is 17.6 Å². The molecule has 0 fully saturated rings. The Bertz CT molecular complexity index is 1310. The number of benzene rings is 2. The quantitative estimate of drug-likeness (QED) is 0.364. The molecule has 0 saturated carbocycles. The number of hydrogen-bond acceptors (Lipinski definition) is 6. The van der Waals surface area contributed by atoms with Gasteiger partial charge in [0.1, 0.15) is 17.1 Å². The van der Waals surface area contributed by atoms with Crippen LogP contribution in [0.25, 0.3) is 17.2 Å². The van der Waals surface area contributed by atoms with Crippen molar-refractivity contribution in [3.63, 3.8) is 0 Å². The van der Waals surface area contributed by atoms with Crippen molar-refractivity contribution in [3.05, 3.63) is 77.5 Å². The van der Waals surface area contributed by atoms with Crippen molar-refractivity contribution < 1.29 is 31.9 Å². The van der Waals surface area contributed by atoms with E-state index < -0.39 is 27.4 Å². The number of furan rings is 1. The Morgan fingerprint density at radius 1 is 1.17 bits per heavy atom. The van der Waals surface area contributed by atoms with Gasteiger partial charge in [-0.1, -0.05) is 38.1 Å². The Hall–Kier alpha value is -3.43. The summed E-state index contributed by atoms with van der Waals surface area (Å²) in [4.78, 5) is 14.2. The molecule has 0 unspecified atom stereocenters. The van der Waals surface area contributed by atoms with Gasteiger partial charge < -0.3 is 19.2 Å². The molecule has 1 N–H and O–H groups in total. The molecule has 0 aliphatic rings. The highest BCUT2D eigenvalue weighted by molar-refractivity contribution is 7.90. The summed E-state index contributed by atoms with van der Waals surface area (Å²) >= 11 is 0. The van der Waals surface area contributed by atoms with E-state index in [4.69, 9.17) is 9.15 Å². The maximum atomic E-state index is 14.0. The fraction of sp³-hybridized carbons (Fsp3) is 0.269. The Morgan fingerprint density at radius 2 is 1.91 bits per heavy atom. The molecule has 0 bridgehead atoms. The molecule has 0 aliphatic carbocycles. The average molecular weight is 502 g/mol. The molecule has 0 amide bonds. The molecule has 0 saturated heterocycles. The second-order valence-corrected chi connectivity index (χ2v) is 9.79.